The first kappa shape index (κ1) is 13.9. The van der Waals surface area contributed by atoms with Crippen molar-refractivity contribution in [1.29, 1.82) is 0 Å². The lowest BCUT2D eigenvalue weighted by Crippen LogP contribution is -2.63. The van der Waals surface area contributed by atoms with Crippen LogP contribution >= 0.6 is 0 Å². The molecule has 1 aliphatic rings. The molecule has 0 aromatic carbocycles. The summed E-state index contributed by atoms with van der Waals surface area (Å²) in [5, 5.41) is 3.73. The molecule has 1 rings (SSSR count). The van der Waals surface area contributed by atoms with Crippen molar-refractivity contribution in [3.8, 4) is 0 Å². The normalized spacial score (nSPS) is 25.9. The van der Waals surface area contributed by atoms with E-state index < -0.39 is 0 Å². The molecule has 0 aromatic heterocycles. The number of methoxy groups -OCH3 is 1. The minimum Gasteiger partial charge on any atom is -0.385 e. The summed E-state index contributed by atoms with van der Waals surface area (Å²) in [5.74, 6) is 0. The zero-order valence-electron chi connectivity index (χ0n) is 11.4. The van der Waals surface area contributed by atoms with E-state index in [1.807, 2.05) is 0 Å². The first-order valence-electron chi connectivity index (χ1n) is 6.65. The third kappa shape index (κ3) is 3.44. The third-order valence-electron chi connectivity index (χ3n) is 4.05. The number of piperazine rings is 1. The number of hydrogen-bond acceptors (Lipinski definition) is 3. The van der Waals surface area contributed by atoms with E-state index in [-0.39, 0.29) is 0 Å². The van der Waals surface area contributed by atoms with Gasteiger partial charge in [0.05, 0.1) is 0 Å². The Morgan fingerprint density at radius 2 is 2.06 bits per heavy atom. The van der Waals surface area contributed by atoms with Gasteiger partial charge in [-0.25, -0.2) is 0 Å². The van der Waals surface area contributed by atoms with Crippen molar-refractivity contribution in [2.24, 2.45) is 0 Å². The van der Waals surface area contributed by atoms with Gasteiger partial charge >= 0.3 is 0 Å². The van der Waals surface area contributed by atoms with Crippen molar-refractivity contribution in [3.63, 3.8) is 0 Å². The molecule has 96 valence electrons. The lowest BCUT2D eigenvalue weighted by atomic mass is 9.88. The Bertz CT molecular complexity index is 192. The van der Waals surface area contributed by atoms with Gasteiger partial charge < -0.3 is 10.1 Å². The second-order valence-corrected chi connectivity index (χ2v) is 5.03. The maximum absolute atomic E-state index is 5.13. The molecule has 0 bridgehead atoms. The largest absolute Gasteiger partial charge is 0.385 e. The maximum Gasteiger partial charge on any atom is 0.0474 e. The van der Waals surface area contributed by atoms with Gasteiger partial charge in [0.2, 0.25) is 0 Å². The van der Waals surface area contributed by atoms with Crippen LogP contribution in [-0.2, 0) is 4.74 Å². The molecule has 1 saturated heterocycles. The van der Waals surface area contributed by atoms with E-state index in [0.717, 1.165) is 19.6 Å². The highest BCUT2D eigenvalue weighted by Crippen LogP contribution is 2.22. The number of rotatable bonds is 6. The zero-order chi connectivity index (χ0) is 12.0. The van der Waals surface area contributed by atoms with E-state index in [0.29, 0.717) is 11.6 Å². The molecule has 1 aliphatic heterocycles. The van der Waals surface area contributed by atoms with Crippen molar-refractivity contribution in [2.45, 2.75) is 51.6 Å². The maximum atomic E-state index is 5.13. The molecule has 3 nitrogen and oxygen atoms in total. The van der Waals surface area contributed by atoms with Crippen LogP contribution in [0.15, 0.2) is 0 Å². The van der Waals surface area contributed by atoms with E-state index in [4.69, 9.17) is 4.74 Å². The van der Waals surface area contributed by atoms with Gasteiger partial charge in [-0.15, -0.1) is 0 Å². The first-order chi connectivity index (χ1) is 7.67. The minimum atomic E-state index is 0.347. The molecule has 3 heteroatoms. The summed E-state index contributed by atoms with van der Waals surface area (Å²) in [6, 6.07) is 0.656. The first-order valence-corrected chi connectivity index (χ1v) is 6.65. The SMILES string of the molecule is CCC1(CC)CN(CCCOC)C(C)CN1. The molecule has 1 heterocycles. The van der Waals surface area contributed by atoms with Gasteiger partial charge in [-0.2, -0.15) is 0 Å². The molecular formula is C13H28N2O. The van der Waals surface area contributed by atoms with Gasteiger partial charge in [-0.05, 0) is 26.2 Å². The average Bonchev–Trinajstić information content (AvgIpc) is 2.32. The fraction of sp³-hybridized carbons (Fsp3) is 1.00. The Morgan fingerprint density at radius 1 is 1.38 bits per heavy atom. The van der Waals surface area contributed by atoms with E-state index >= 15 is 0 Å². The average molecular weight is 228 g/mol. The van der Waals surface area contributed by atoms with Crippen molar-refractivity contribution < 1.29 is 4.74 Å². The van der Waals surface area contributed by atoms with E-state index in [1.54, 1.807) is 7.11 Å². The third-order valence-corrected chi connectivity index (χ3v) is 4.05. The standard InChI is InChI=1S/C13H28N2O/c1-5-13(6-2)11-15(8-7-9-16-4)12(3)10-14-13/h12,14H,5-11H2,1-4H3. The smallest absolute Gasteiger partial charge is 0.0474 e. The van der Waals surface area contributed by atoms with E-state index in [9.17, 15) is 0 Å². The van der Waals surface area contributed by atoms with Gasteiger partial charge in [0.15, 0.2) is 0 Å². The summed E-state index contributed by atoms with van der Waals surface area (Å²) in [7, 11) is 1.78. The number of hydrogen-bond donors (Lipinski definition) is 1. The van der Waals surface area contributed by atoms with Crippen molar-refractivity contribution in [2.75, 3.05) is 33.4 Å². The predicted molar refractivity (Wildman–Crippen MR) is 68.8 cm³/mol. The molecule has 1 atom stereocenters. The molecule has 0 saturated carbocycles. The van der Waals surface area contributed by atoms with Gasteiger partial charge in [-0.3, -0.25) is 4.90 Å². The number of ether oxygens (including phenoxy) is 1. The molecule has 1 unspecified atom stereocenters. The molecule has 0 aromatic rings. The summed E-state index contributed by atoms with van der Waals surface area (Å²) in [6.45, 7) is 11.2. The lowest BCUT2D eigenvalue weighted by Gasteiger charge is -2.46. The molecule has 16 heavy (non-hydrogen) atoms. The Balaban J connectivity index is 2.47. The molecular weight excluding hydrogens is 200 g/mol. The summed E-state index contributed by atoms with van der Waals surface area (Å²) in [5.41, 5.74) is 0.347. The Morgan fingerprint density at radius 3 is 2.62 bits per heavy atom. The summed E-state index contributed by atoms with van der Waals surface area (Å²) in [6.07, 6.45) is 3.58. The van der Waals surface area contributed by atoms with Crippen molar-refractivity contribution >= 4 is 0 Å². The second-order valence-electron chi connectivity index (χ2n) is 5.03. The summed E-state index contributed by atoms with van der Waals surface area (Å²) >= 11 is 0. The highest BCUT2D eigenvalue weighted by atomic mass is 16.5. The van der Waals surface area contributed by atoms with Gasteiger partial charge in [0, 0.05) is 44.9 Å². The lowest BCUT2D eigenvalue weighted by molar-refractivity contribution is 0.0712. The molecule has 0 amide bonds. The molecule has 0 radical (unpaired) electrons. The van der Waals surface area contributed by atoms with Crippen LogP contribution in [0.25, 0.3) is 0 Å². The monoisotopic (exact) mass is 228 g/mol. The topological polar surface area (TPSA) is 24.5 Å². The van der Waals surface area contributed by atoms with Gasteiger partial charge in [0.1, 0.15) is 0 Å². The second kappa shape index (κ2) is 6.58. The molecule has 1 fully saturated rings. The predicted octanol–water partition coefficient (Wildman–Crippen LogP) is 1.88. The van der Waals surface area contributed by atoms with Crippen LogP contribution in [-0.4, -0.2) is 49.8 Å². The van der Waals surface area contributed by atoms with Crippen molar-refractivity contribution in [3.05, 3.63) is 0 Å². The Labute approximate surface area is 101 Å². The fourth-order valence-electron chi connectivity index (χ4n) is 2.53. The van der Waals surface area contributed by atoms with E-state index in [2.05, 4.69) is 31.0 Å². The molecule has 1 N–H and O–H groups in total. The highest BCUT2D eigenvalue weighted by molar-refractivity contribution is 4.95. The van der Waals surface area contributed by atoms with Crippen LogP contribution in [0, 0.1) is 0 Å². The quantitative estimate of drug-likeness (QED) is 0.703. The van der Waals surface area contributed by atoms with Crippen LogP contribution in [0.3, 0.4) is 0 Å². The van der Waals surface area contributed by atoms with Gasteiger partial charge in [-0.1, -0.05) is 13.8 Å². The fourth-order valence-corrected chi connectivity index (χ4v) is 2.53. The van der Waals surface area contributed by atoms with Crippen LogP contribution in [0.5, 0.6) is 0 Å². The number of nitrogens with zero attached hydrogens (tertiary/aromatic N) is 1. The van der Waals surface area contributed by atoms with Crippen molar-refractivity contribution in [1.82, 2.24) is 10.2 Å². The van der Waals surface area contributed by atoms with Crippen LogP contribution in [0.2, 0.25) is 0 Å². The summed E-state index contributed by atoms with van der Waals surface area (Å²) < 4.78 is 5.13. The summed E-state index contributed by atoms with van der Waals surface area (Å²) in [4.78, 5) is 2.61. The van der Waals surface area contributed by atoms with Gasteiger partial charge in [0.25, 0.3) is 0 Å². The Kier molecular flexibility index (Phi) is 5.73. The Hall–Kier alpha value is -0.120. The number of nitrogens with one attached hydrogen (secondary N) is 1. The van der Waals surface area contributed by atoms with Crippen LogP contribution in [0.4, 0.5) is 0 Å². The minimum absolute atomic E-state index is 0.347. The molecule has 0 spiro atoms. The van der Waals surface area contributed by atoms with Crippen LogP contribution in [0.1, 0.15) is 40.0 Å². The zero-order valence-corrected chi connectivity index (χ0v) is 11.4. The van der Waals surface area contributed by atoms with Crippen LogP contribution < -0.4 is 5.32 Å². The van der Waals surface area contributed by atoms with E-state index in [1.165, 1.54) is 25.9 Å². The molecule has 0 aliphatic carbocycles. The highest BCUT2D eigenvalue weighted by Gasteiger charge is 2.34.